The lowest BCUT2D eigenvalue weighted by Crippen LogP contribution is -2.13. The Morgan fingerprint density at radius 3 is 2.45 bits per heavy atom. The highest BCUT2D eigenvalue weighted by Gasteiger charge is 2.11. The Balaban J connectivity index is 2.23. The van der Waals surface area contributed by atoms with E-state index in [1.807, 2.05) is 6.07 Å². The lowest BCUT2D eigenvalue weighted by atomic mass is 10.1. The van der Waals surface area contributed by atoms with Gasteiger partial charge in [-0.05, 0) is 48.0 Å². The molecule has 0 spiro atoms. The number of carbonyl (C=O) groups is 1. The second kappa shape index (κ2) is 7.08. The van der Waals surface area contributed by atoms with Crippen molar-refractivity contribution < 1.29 is 9.18 Å². The highest BCUT2D eigenvalue weighted by Crippen LogP contribution is 2.23. The van der Waals surface area contributed by atoms with E-state index in [9.17, 15) is 9.18 Å². The first kappa shape index (κ1) is 16.0. The van der Waals surface area contributed by atoms with E-state index in [1.165, 1.54) is 36.4 Å². The highest BCUT2D eigenvalue weighted by molar-refractivity contribution is 6.35. The van der Waals surface area contributed by atoms with Gasteiger partial charge in [0.2, 0.25) is 0 Å². The number of hydrogen-bond acceptors (Lipinski definition) is 2. The van der Waals surface area contributed by atoms with Gasteiger partial charge in [-0.1, -0.05) is 29.3 Å². The third-order valence-electron chi connectivity index (χ3n) is 2.73. The topological polar surface area (TPSA) is 52.9 Å². The Morgan fingerprint density at radius 2 is 1.86 bits per heavy atom. The summed E-state index contributed by atoms with van der Waals surface area (Å²) in [6.07, 6.45) is 1.36. The third-order valence-corrected chi connectivity index (χ3v) is 3.29. The highest BCUT2D eigenvalue weighted by atomic mass is 35.5. The number of benzene rings is 2. The Morgan fingerprint density at radius 1 is 1.18 bits per heavy atom. The van der Waals surface area contributed by atoms with Crippen LogP contribution in [-0.2, 0) is 4.79 Å². The van der Waals surface area contributed by atoms with Gasteiger partial charge in [0, 0.05) is 15.7 Å². The molecule has 3 nitrogen and oxygen atoms in total. The minimum atomic E-state index is -0.611. The lowest BCUT2D eigenvalue weighted by Gasteiger charge is -2.05. The molecule has 0 saturated heterocycles. The Bertz CT molecular complexity index is 780. The summed E-state index contributed by atoms with van der Waals surface area (Å²) in [5.74, 6) is -1.03. The van der Waals surface area contributed by atoms with Crippen molar-refractivity contribution in [3.8, 4) is 6.07 Å². The molecule has 6 heteroatoms. The average molecular weight is 335 g/mol. The third kappa shape index (κ3) is 4.08. The smallest absolute Gasteiger partial charge is 0.266 e. The fourth-order valence-corrected chi connectivity index (χ4v) is 2.12. The minimum absolute atomic E-state index is 0.131. The number of nitrogens with zero attached hydrogens (tertiary/aromatic N) is 1. The van der Waals surface area contributed by atoms with Crippen molar-refractivity contribution in [3.05, 3.63) is 69.5 Å². The molecular weight excluding hydrogens is 326 g/mol. The number of rotatable bonds is 3. The molecule has 1 N–H and O–H groups in total. The largest absolute Gasteiger partial charge is 0.321 e. The van der Waals surface area contributed by atoms with E-state index < -0.39 is 11.7 Å². The molecule has 2 aromatic rings. The molecule has 0 aliphatic rings. The first-order chi connectivity index (χ1) is 10.5. The van der Waals surface area contributed by atoms with Gasteiger partial charge in [-0.2, -0.15) is 5.26 Å². The van der Waals surface area contributed by atoms with E-state index in [-0.39, 0.29) is 5.57 Å². The normalized spacial score (nSPS) is 10.9. The zero-order valence-electron chi connectivity index (χ0n) is 11.1. The van der Waals surface area contributed by atoms with E-state index >= 15 is 0 Å². The number of anilines is 1. The molecule has 0 aliphatic heterocycles. The van der Waals surface area contributed by atoms with Gasteiger partial charge in [-0.3, -0.25) is 4.79 Å². The summed E-state index contributed by atoms with van der Waals surface area (Å²) in [5, 5.41) is 12.4. The molecule has 0 fully saturated rings. The van der Waals surface area contributed by atoms with Crippen LogP contribution in [0.25, 0.3) is 6.08 Å². The standard InChI is InChI=1S/C16H9Cl2FN2O/c17-12-2-1-10(15(18)8-12)7-11(9-20)16(22)21-14-5-3-13(19)4-6-14/h1-8H,(H,21,22)/b11-7-. The molecule has 0 radical (unpaired) electrons. The maximum Gasteiger partial charge on any atom is 0.266 e. The molecule has 0 heterocycles. The SMILES string of the molecule is N#C/C(=C/c1ccc(Cl)cc1Cl)C(=O)Nc1ccc(F)cc1. The first-order valence-corrected chi connectivity index (χ1v) is 6.89. The number of nitrogens with one attached hydrogen (secondary N) is 1. The van der Waals surface area contributed by atoms with Crippen LogP contribution in [0.5, 0.6) is 0 Å². The van der Waals surface area contributed by atoms with Gasteiger partial charge in [0.05, 0.1) is 0 Å². The molecule has 0 aromatic heterocycles. The predicted molar refractivity (Wildman–Crippen MR) is 85.1 cm³/mol. The molecule has 2 rings (SSSR count). The van der Waals surface area contributed by atoms with E-state index in [2.05, 4.69) is 5.32 Å². The van der Waals surface area contributed by atoms with Crippen LogP contribution in [0.15, 0.2) is 48.0 Å². The maximum atomic E-state index is 12.8. The summed E-state index contributed by atoms with van der Waals surface area (Å²) in [4.78, 5) is 12.0. The summed E-state index contributed by atoms with van der Waals surface area (Å²) in [6, 6.07) is 11.8. The van der Waals surface area contributed by atoms with Crippen molar-refractivity contribution in [2.45, 2.75) is 0 Å². The van der Waals surface area contributed by atoms with E-state index in [0.29, 0.717) is 21.3 Å². The van der Waals surface area contributed by atoms with Crippen LogP contribution in [0.3, 0.4) is 0 Å². The van der Waals surface area contributed by atoms with E-state index in [0.717, 1.165) is 0 Å². The van der Waals surface area contributed by atoms with Gasteiger partial charge >= 0.3 is 0 Å². The monoisotopic (exact) mass is 334 g/mol. The average Bonchev–Trinajstić information content (AvgIpc) is 2.49. The molecule has 22 heavy (non-hydrogen) atoms. The Labute approximate surface area is 136 Å². The molecular formula is C16H9Cl2FN2O. The number of nitriles is 1. The van der Waals surface area contributed by atoms with Crippen LogP contribution in [0.1, 0.15) is 5.56 Å². The van der Waals surface area contributed by atoms with Gasteiger partial charge in [-0.25, -0.2) is 4.39 Å². The fourth-order valence-electron chi connectivity index (χ4n) is 1.65. The fraction of sp³-hybridized carbons (Fsp3) is 0. The summed E-state index contributed by atoms with van der Waals surface area (Å²) in [7, 11) is 0. The summed E-state index contributed by atoms with van der Waals surface area (Å²) < 4.78 is 12.8. The molecule has 0 atom stereocenters. The second-order valence-electron chi connectivity index (χ2n) is 4.30. The lowest BCUT2D eigenvalue weighted by molar-refractivity contribution is -0.112. The van der Waals surface area contributed by atoms with E-state index in [1.54, 1.807) is 12.1 Å². The summed E-state index contributed by atoms with van der Waals surface area (Å²) in [5.41, 5.74) is 0.750. The Hall–Kier alpha value is -2.35. The van der Waals surface area contributed by atoms with Gasteiger partial charge in [0.15, 0.2) is 0 Å². The van der Waals surface area contributed by atoms with Crippen molar-refractivity contribution in [1.82, 2.24) is 0 Å². The van der Waals surface area contributed by atoms with Gasteiger partial charge in [0.25, 0.3) is 5.91 Å². The molecule has 2 aromatic carbocycles. The number of halogens is 3. The number of carbonyl (C=O) groups excluding carboxylic acids is 1. The second-order valence-corrected chi connectivity index (χ2v) is 5.14. The molecule has 110 valence electrons. The van der Waals surface area contributed by atoms with Gasteiger partial charge in [0.1, 0.15) is 17.5 Å². The quantitative estimate of drug-likeness (QED) is 0.654. The minimum Gasteiger partial charge on any atom is -0.321 e. The molecule has 1 amide bonds. The first-order valence-electron chi connectivity index (χ1n) is 6.13. The van der Waals surface area contributed by atoms with Crippen LogP contribution >= 0.6 is 23.2 Å². The van der Waals surface area contributed by atoms with Gasteiger partial charge < -0.3 is 5.32 Å². The van der Waals surface area contributed by atoms with Crippen LogP contribution in [-0.4, -0.2) is 5.91 Å². The van der Waals surface area contributed by atoms with Crippen LogP contribution in [0.2, 0.25) is 10.0 Å². The zero-order chi connectivity index (χ0) is 16.1. The van der Waals surface area contributed by atoms with Crippen LogP contribution < -0.4 is 5.32 Å². The van der Waals surface area contributed by atoms with Crippen LogP contribution in [0.4, 0.5) is 10.1 Å². The molecule has 0 bridgehead atoms. The predicted octanol–water partition coefficient (Wildman–Crippen LogP) is 4.68. The van der Waals surface area contributed by atoms with Crippen molar-refractivity contribution >= 4 is 40.9 Å². The Kier molecular flexibility index (Phi) is 5.16. The maximum absolute atomic E-state index is 12.8. The summed E-state index contributed by atoms with van der Waals surface area (Å²) in [6.45, 7) is 0. The van der Waals surface area contributed by atoms with Crippen LogP contribution in [0, 0.1) is 17.1 Å². The van der Waals surface area contributed by atoms with Crippen molar-refractivity contribution in [1.29, 1.82) is 5.26 Å². The van der Waals surface area contributed by atoms with E-state index in [4.69, 9.17) is 28.5 Å². The zero-order valence-corrected chi connectivity index (χ0v) is 12.6. The number of hydrogen-bond donors (Lipinski definition) is 1. The summed E-state index contributed by atoms with van der Waals surface area (Å²) >= 11 is 11.8. The number of amides is 1. The van der Waals surface area contributed by atoms with Gasteiger partial charge in [-0.15, -0.1) is 0 Å². The van der Waals surface area contributed by atoms with Crippen molar-refractivity contribution in [2.24, 2.45) is 0 Å². The van der Waals surface area contributed by atoms with Crippen molar-refractivity contribution in [2.75, 3.05) is 5.32 Å². The van der Waals surface area contributed by atoms with Crippen molar-refractivity contribution in [3.63, 3.8) is 0 Å². The molecule has 0 unspecified atom stereocenters. The molecule has 0 aliphatic carbocycles. The molecule has 0 saturated carbocycles.